The molecule has 0 aromatic carbocycles. The summed E-state index contributed by atoms with van der Waals surface area (Å²) in [5.74, 6) is -1.09. The molecule has 1 rings (SSSR count). The van der Waals surface area contributed by atoms with E-state index in [0.29, 0.717) is 10.6 Å². The van der Waals surface area contributed by atoms with Crippen molar-refractivity contribution in [1.82, 2.24) is 4.98 Å². The smallest absolute Gasteiger partial charge is 0.354 e. The molecule has 3 N–H and O–H groups in total. The largest absolute Gasteiger partial charge is 0.477 e. The Morgan fingerprint density at radius 2 is 2.38 bits per heavy atom. The fraction of sp³-hybridized carbons (Fsp3) is 0.250. The van der Waals surface area contributed by atoms with Crippen LogP contribution in [0.2, 0.25) is 5.02 Å². The minimum absolute atomic E-state index is 0.0422. The van der Waals surface area contributed by atoms with Crippen molar-refractivity contribution in [3.63, 3.8) is 0 Å². The number of pyridine rings is 1. The lowest BCUT2D eigenvalue weighted by molar-refractivity contribution is 0.0688. The predicted molar refractivity (Wildman–Crippen MR) is 48.8 cm³/mol. The quantitative estimate of drug-likeness (QED) is 0.758. The Labute approximate surface area is 80.3 Å². The van der Waals surface area contributed by atoms with Crippen molar-refractivity contribution < 1.29 is 9.90 Å². The highest BCUT2D eigenvalue weighted by molar-refractivity contribution is 6.30. The van der Waals surface area contributed by atoms with Crippen LogP contribution in [0.1, 0.15) is 29.0 Å². The van der Waals surface area contributed by atoms with Gasteiger partial charge in [-0.2, -0.15) is 0 Å². The number of nitrogens with two attached hydrogens (primary N) is 1. The van der Waals surface area contributed by atoms with E-state index in [1.54, 1.807) is 6.92 Å². The minimum atomic E-state index is -1.09. The molecule has 1 aromatic rings. The van der Waals surface area contributed by atoms with E-state index < -0.39 is 12.0 Å². The van der Waals surface area contributed by atoms with Crippen molar-refractivity contribution in [2.75, 3.05) is 0 Å². The number of hydrogen-bond donors (Lipinski definition) is 2. The van der Waals surface area contributed by atoms with Crippen molar-refractivity contribution in [2.24, 2.45) is 5.73 Å². The Hall–Kier alpha value is -1.13. The van der Waals surface area contributed by atoms with Gasteiger partial charge in [0.1, 0.15) is 0 Å². The number of nitrogens with zero attached hydrogens (tertiary/aromatic N) is 1. The summed E-state index contributed by atoms with van der Waals surface area (Å²) in [5, 5.41) is 9.13. The van der Waals surface area contributed by atoms with Gasteiger partial charge in [-0.05, 0) is 13.0 Å². The Morgan fingerprint density at radius 1 is 1.77 bits per heavy atom. The van der Waals surface area contributed by atoms with Gasteiger partial charge in [-0.15, -0.1) is 0 Å². The lowest BCUT2D eigenvalue weighted by atomic mass is 10.1. The zero-order valence-corrected chi connectivity index (χ0v) is 7.75. The first-order valence-electron chi connectivity index (χ1n) is 3.66. The van der Waals surface area contributed by atoms with Crippen LogP contribution in [0.3, 0.4) is 0 Å². The number of carboxylic acid groups (broad SMARTS) is 1. The second kappa shape index (κ2) is 3.72. The monoisotopic (exact) mass is 200 g/mol. The molecule has 0 spiro atoms. The summed E-state index contributed by atoms with van der Waals surface area (Å²) in [6, 6.07) is 1.13. The third-order valence-corrected chi connectivity index (χ3v) is 1.78. The highest BCUT2D eigenvalue weighted by Gasteiger charge is 2.14. The number of halogens is 1. The molecule has 1 atom stereocenters. The lowest BCUT2D eigenvalue weighted by Gasteiger charge is -2.08. The van der Waals surface area contributed by atoms with Crippen LogP contribution in [-0.2, 0) is 0 Å². The fourth-order valence-electron chi connectivity index (χ4n) is 0.981. The Morgan fingerprint density at radius 3 is 2.85 bits per heavy atom. The molecule has 4 nitrogen and oxygen atoms in total. The molecule has 0 saturated carbocycles. The zero-order valence-electron chi connectivity index (χ0n) is 6.99. The van der Waals surface area contributed by atoms with Crippen LogP contribution in [0, 0.1) is 0 Å². The van der Waals surface area contributed by atoms with Gasteiger partial charge >= 0.3 is 5.97 Å². The van der Waals surface area contributed by atoms with Crippen LogP contribution in [0.4, 0.5) is 0 Å². The molecule has 1 aromatic heterocycles. The predicted octanol–water partition coefficient (Wildman–Crippen LogP) is 1.45. The number of rotatable bonds is 2. The van der Waals surface area contributed by atoms with Gasteiger partial charge in [0, 0.05) is 17.8 Å². The molecule has 0 aliphatic carbocycles. The number of carbonyl (C=O) groups is 1. The molecular formula is C8H9ClN2O2. The van der Waals surface area contributed by atoms with Crippen LogP contribution in [0.15, 0.2) is 12.3 Å². The van der Waals surface area contributed by atoms with E-state index in [9.17, 15) is 4.79 Å². The van der Waals surface area contributed by atoms with Gasteiger partial charge in [0.05, 0.1) is 5.02 Å². The minimum Gasteiger partial charge on any atom is -0.477 e. The van der Waals surface area contributed by atoms with E-state index in [0.717, 1.165) is 0 Å². The van der Waals surface area contributed by atoms with Crippen LogP contribution in [-0.4, -0.2) is 16.1 Å². The Bertz CT molecular complexity index is 339. The van der Waals surface area contributed by atoms with Crippen LogP contribution in [0.5, 0.6) is 0 Å². The number of aromatic carboxylic acids is 1. The molecule has 0 aliphatic heterocycles. The Kier molecular flexibility index (Phi) is 2.85. The summed E-state index contributed by atoms with van der Waals surface area (Å²) in [6.07, 6.45) is 1.29. The van der Waals surface area contributed by atoms with Crippen LogP contribution in [0.25, 0.3) is 0 Å². The summed E-state index contributed by atoms with van der Waals surface area (Å²) < 4.78 is 0. The lowest BCUT2D eigenvalue weighted by Crippen LogP contribution is -2.13. The molecular weight excluding hydrogens is 192 g/mol. The van der Waals surface area contributed by atoms with E-state index in [4.69, 9.17) is 22.4 Å². The second-order valence-corrected chi connectivity index (χ2v) is 3.12. The molecule has 70 valence electrons. The number of carboxylic acids is 1. The summed E-state index contributed by atoms with van der Waals surface area (Å²) in [6.45, 7) is 1.68. The molecule has 0 aliphatic rings. The highest BCUT2D eigenvalue weighted by atomic mass is 35.5. The zero-order chi connectivity index (χ0) is 10.0. The van der Waals surface area contributed by atoms with Gasteiger partial charge < -0.3 is 10.8 Å². The van der Waals surface area contributed by atoms with Crippen molar-refractivity contribution >= 4 is 17.6 Å². The molecule has 1 heterocycles. The summed E-state index contributed by atoms with van der Waals surface area (Å²) in [5.41, 5.74) is 5.96. The molecule has 0 unspecified atom stereocenters. The standard InChI is InChI=1S/C8H9ClN2O2/c1-4(10)6-2-5(9)3-11-7(6)8(12)13/h2-4H,10H2,1H3,(H,12,13)/t4-/m1/s1. The maximum atomic E-state index is 10.7. The maximum absolute atomic E-state index is 10.7. The molecule has 0 bridgehead atoms. The molecule has 0 saturated heterocycles. The Balaban J connectivity index is 3.26. The fourth-order valence-corrected chi connectivity index (χ4v) is 1.15. The van der Waals surface area contributed by atoms with Gasteiger partial charge in [-0.1, -0.05) is 11.6 Å². The molecule has 5 heteroatoms. The molecule has 0 amide bonds. The second-order valence-electron chi connectivity index (χ2n) is 2.69. The van der Waals surface area contributed by atoms with Gasteiger partial charge in [-0.3, -0.25) is 0 Å². The molecule has 0 radical (unpaired) electrons. The van der Waals surface area contributed by atoms with Crippen molar-refractivity contribution in [3.8, 4) is 0 Å². The van der Waals surface area contributed by atoms with Crippen LogP contribution < -0.4 is 5.73 Å². The van der Waals surface area contributed by atoms with E-state index in [1.807, 2.05) is 0 Å². The normalized spacial score (nSPS) is 12.5. The van der Waals surface area contributed by atoms with E-state index >= 15 is 0 Å². The van der Waals surface area contributed by atoms with Gasteiger partial charge in [0.25, 0.3) is 0 Å². The topological polar surface area (TPSA) is 76.2 Å². The van der Waals surface area contributed by atoms with E-state index in [-0.39, 0.29) is 5.69 Å². The van der Waals surface area contributed by atoms with Crippen LogP contribution >= 0.6 is 11.6 Å². The first-order valence-corrected chi connectivity index (χ1v) is 4.04. The van der Waals surface area contributed by atoms with E-state index in [1.165, 1.54) is 12.3 Å². The van der Waals surface area contributed by atoms with Gasteiger partial charge in [0.2, 0.25) is 0 Å². The van der Waals surface area contributed by atoms with E-state index in [2.05, 4.69) is 4.98 Å². The first kappa shape index (κ1) is 9.95. The van der Waals surface area contributed by atoms with Crippen molar-refractivity contribution in [2.45, 2.75) is 13.0 Å². The number of aromatic nitrogens is 1. The van der Waals surface area contributed by atoms with Crippen molar-refractivity contribution in [3.05, 3.63) is 28.5 Å². The summed E-state index contributed by atoms with van der Waals surface area (Å²) in [4.78, 5) is 14.4. The number of hydrogen-bond acceptors (Lipinski definition) is 3. The average molecular weight is 201 g/mol. The summed E-state index contributed by atoms with van der Waals surface area (Å²) >= 11 is 5.65. The molecule has 0 fully saturated rings. The third-order valence-electron chi connectivity index (χ3n) is 1.58. The molecule has 13 heavy (non-hydrogen) atoms. The summed E-state index contributed by atoms with van der Waals surface area (Å²) in [7, 11) is 0. The third kappa shape index (κ3) is 2.17. The maximum Gasteiger partial charge on any atom is 0.354 e. The first-order chi connectivity index (χ1) is 6.02. The van der Waals surface area contributed by atoms with Crippen molar-refractivity contribution in [1.29, 1.82) is 0 Å². The average Bonchev–Trinajstić information content (AvgIpc) is 2.03. The highest BCUT2D eigenvalue weighted by Crippen LogP contribution is 2.18. The van der Waals surface area contributed by atoms with Gasteiger partial charge in [0.15, 0.2) is 5.69 Å². The van der Waals surface area contributed by atoms with Gasteiger partial charge in [-0.25, -0.2) is 9.78 Å². The SMILES string of the molecule is C[C@@H](N)c1cc(Cl)cnc1C(=O)O.